The molecule has 5 N–H and O–H groups in total. The van der Waals surface area contributed by atoms with Crippen LogP contribution in [0.4, 0.5) is 15.9 Å². The molecule has 0 aliphatic carbocycles. The number of nitrogens with two attached hydrogens (primary N) is 1. The minimum atomic E-state index is -0.844. The monoisotopic (exact) mass is 392 g/mol. The summed E-state index contributed by atoms with van der Waals surface area (Å²) >= 11 is 0. The Bertz CT molecular complexity index is 981. The Balaban J connectivity index is 2.07. The summed E-state index contributed by atoms with van der Waals surface area (Å²) in [4.78, 5) is 51.1. The molecule has 28 heavy (non-hydrogen) atoms. The first-order chi connectivity index (χ1) is 13.2. The number of halogens is 1. The van der Waals surface area contributed by atoms with Gasteiger partial charge in [0.25, 0.3) is 11.5 Å². The fourth-order valence-corrected chi connectivity index (χ4v) is 2.74. The summed E-state index contributed by atoms with van der Waals surface area (Å²) in [7, 11) is 1.61. The predicted molar refractivity (Wildman–Crippen MR) is 102 cm³/mol. The molecule has 1 amide bonds. The third kappa shape index (κ3) is 5.13. The van der Waals surface area contributed by atoms with Crippen LogP contribution >= 0.6 is 0 Å². The highest BCUT2D eigenvalue weighted by atomic mass is 19.1. The fraction of sp³-hybridized carbons (Fsp3) is 0.333. The van der Waals surface area contributed by atoms with Gasteiger partial charge in [0, 0.05) is 12.2 Å². The largest absolute Gasteiger partial charge is 0.384 e. The molecule has 1 heterocycles. The summed E-state index contributed by atoms with van der Waals surface area (Å²) in [5.74, 6) is -1.55. The van der Waals surface area contributed by atoms with Crippen LogP contribution in [0.25, 0.3) is 0 Å². The van der Waals surface area contributed by atoms with E-state index in [4.69, 9.17) is 5.73 Å². The molecule has 9 nitrogen and oxygen atoms in total. The van der Waals surface area contributed by atoms with Gasteiger partial charge < -0.3 is 16.0 Å². The number of ketones is 1. The minimum Gasteiger partial charge on any atom is -0.384 e. The second-order valence-corrected chi connectivity index (χ2v) is 6.46. The number of aromatic nitrogens is 2. The lowest BCUT2D eigenvalue weighted by molar-refractivity contribution is -0.861. The standard InChI is InChI=1S/C18H22FN5O4/c1-3-8-24-16(20)15(17(27)22-18(24)28)13(25)9-23(2)10-14(26)21-12-6-4-11(19)5-7-12/h4-7H,3,8-10,20H2,1-2H3,(H,21,26)(H,22,27,28)/p+1. The number of hydrogen-bond acceptors (Lipinski definition) is 5. The number of amides is 1. The lowest BCUT2D eigenvalue weighted by atomic mass is 10.2. The van der Waals surface area contributed by atoms with E-state index in [9.17, 15) is 23.6 Å². The summed E-state index contributed by atoms with van der Waals surface area (Å²) < 4.78 is 14.0. The van der Waals surface area contributed by atoms with E-state index < -0.39 is 22.8 Å². The topological polar surface area (TPSA) is 131 Å². The number of nitrogens with zero attached hydrogens (tertiary/aromatic N) is 1. The lowest BCUT2D eigenvalue weighted by Gasteiger charge is -2.15. The quantitative estimate of drug-likeness (QED) is 0.428. The van der Waals surface area contributed by atoms with Crippen LogP contribution in [0.3, 0.4) is 0 Å². The first kappa shape index (κ1) is 21.0. The summed E-state index contributed by atoms with van der Waals surface area (Å²) in [6.07, 6.45) is 0.596. The van der Waals surface area contributed by atoms with Gasteiger partial charge in [-0.15, -0.1) is 0 Å². The van der Waals surface area contributed by atoms with Crippen LogP contribution in [-0.2, 0) is 11.3 Å². The van der Waals surface area contributed by atoms with Crippen molar-refractivity contribution in [1.82, 2.24) is 9.55 Å². The minimum absolute atomic E-state index is 0.0600. The zero-order valence-corrected chi connectivity index (χ0v) is 15.7. The maximum atomic E-state index is 12.9. The number of benzene rings is 1. The van der Waals surface area contributed by atoms with Gasteiger partial charge in [0.05, 0.1) is 7.05 Å². The lowest BCUT2D eigenvalue weighted by Crippen LogP contribution is -3.11. The molecule has 1 atom stereocenters. The van der Waals surface area contributed by atoms with Gasteiger partial charge in [0.2, 0.25) is 5.78 Å². The molecule has 2 aromatic rings. The van der Waals surface area contributed by atoms with Crippen molar-refractivity contribution in [1.29, 1.82) is 0 Å². The van der Waals surface area contributed by atoms with Gasteiger partial charge in [-0.3, -0.25) is 23.9 Å². The molecule has 0 aliphatic rings. The van der Waals surface area contributed by atoms with E-state index >= 15 is 0 Å². The van der Waals surface area contributed by atoms with E-state index in [0.717, 1.165) is 4.57 Å². The average molecular weight is 392 g/mol. The Morgan fingerprint density at radius 2 is 1.86 bits per heavy atom. The van der Waals surface area contributed by atoms with Gasteiger partial charge in [0.1, 0.15) is 23.7 Å². The number of hydrogen-bond donors (Lipinski definition) is 4. The highest BCUT2D eigenvalue weighted by Crippen LogP contribution is 2.07. The summed E-state index contributed by atoms with van der Waals surface area (Å²) in [5.41, 5.74) is 4.50. The maximum Gasteiger partial charge on any atom is 0.329 e. The Labute approximate surface area is 160 Å². The zero-order chi connectivity index (χ0) is 20.8. The molecule has 1 aromatic heterocycles. The summed E-state index contributed by atoms with van der Waals surface area (Å²) in [6, 6.07) is 5.28. The smallest absolute Gasteiger partial charge is 0.329 e. The molecule has 0 saturated heterocycles. The third-order valence-electron chi connectivity index (χ3n) is 4.02. The van der Waals surface area contributed by atoms with E-state index in [1.54, 1.807) is 7.05 Å². The van der Waals surface area contributed by atoms with Crippen molar-refractivity contribution >= 4 is 23.2 Å². The SMILES string of the molecule is CCCn1c(N)c(C(=O)C[NH+](C)CC(=O)Nc2ccc(F)cc2)c(=O)[nH]c1=O. The predicted octanol–water partition coefficient (Wildman–Crippen LogP) is -0.996. The molecule has 0 aliphatic heterocycles. The molecule has 0 fully saturated rings. The molecule has 0 spiro atoms. The third-order valence-corrected chi connectivity index (χ3v) is 4.02. The van der Waals surface area contributed by atoms with Crippen molar-refractivity contribution in [2.24, 2.45) is 0 Å². The molecule has 0 saturated carbocycles. The number of carbonyl (C=O) groups is 2. The molecule has 10 heteroatoms. The van der Waals surface area contributed by atoms with Crippen molar-refractivity contribution < 1.29 is 18.9 Å². The highest BCUT2D eigenvalue weighted by molar-refractivity contribution is 6.00. The van der Waals surface area contributed by atoms with E-state index in [2.05, 4.69) is 10.3 Å². The number of rotatable bonds is 8. The van der Waals surface area contributed by atoms with Gasteiger partial charge in [-0.2, -0.15) is 0 Å². The van der Waals surface area contributed by atoms with E-state index in [0.29, 0.717) is 17.0 Å². The molecule has 1 unspecified atom stereocenters. The molecule has 1 aromatic carbocycles. The van der Waals surface area contributed by atoms with Crippen molar-refractivity contribution in [2.75, 3.05) is 31.2 Å². The number of anilines is 2. The number of carbonyl (C=O) groups excluding carboxylic acids is 2. The maximum absolute atomic E-state index is 12.9. The Morgan fingerprint density at radius 1 is 1.21 bits per heavy atom. The Kier molecular flexibility index (Phi) is 6.83. The second kappa shape index (κ2) is 9.09. The van der Waals surface area contributed by atoms with Gasteiger partial charge in [-0.05, 0) is 30.7 Å². The number of nitrogens with one attached hydrogen (secondary N) is 3. The molecule has 0 bridgehead atoms. The van der Waals surface area contributed by atoms with Crippen LogP contribution in [0.5, 0.6) is 0 Å². The first-order valence-electron chi connectivity index (χ1n) is 8.75. The first-order valence-corrected chi connectivity index (χ1v) is 8.75. The molecular formula is C18H23FN5O4+. The van der Waals surface area contributed by atoms with Crippen molar-refractivity contribution in [3.05, 3.63) is 56.5 Å². The van der Waals surface area contributed by atoms with Gasteiger partial charge in [0.15, 0.2) is 6.54 Å². The highest BCUT2D eigenvalue weighted by Gasteiger charge is 2.23. The summed E-state index contributed by atoms with van der Waals surface area (Å²) in [6.45, 7) is 1.87. The molecule has 2 rings (SSSR count). The van der Waals surface area contributed by atoms with Crippen molar-refractivity contribution in [2.45, 2.75) is 19.9 Å². The summed E-state index contributed by atoms with van der Waals surface area (Å²) in [5, 5.41) is 2.59. The average Bonchev–Trinajstić information content (AvgIpc) is 2.60. The molecule has 0 radical (unpaired) electrons. The van der Waals surface area contributed by atoms with Crippen LogP contribution in [0.1, 0.15) is 23.7 Å². The van der Waals surface area contributed by atoms with E-state index in [1.165, 1.54) is 24.3 Å². The molecule has 150 valence electrons. The number of likely N-dealkylation sites (N-methyl/N-ethyl adjacent to an activating group) is 1. The van der Waals surface area contributed by atoms with E-state index in [1.807, 2.05) is 6.92 Å². The normalized spacial score (nSPS) is 11.8. The van der Waals surface area contributed by atoms with Crippen molar-refractivity contribution in [3.8, 4) is 0 Å². The van der Waals surface area contributed by atoms with Gasteiger partial charge >= 0.3 is 5.69 Å². The van der Waals surface area contributed by atoms with Crippen LogP contribution < -0.4 is 27.2 Å². The number of aromatic amines is 1. The van der Waals surface area contributed by atoms with Crippen LogP contribution in [0.15, 0.2) is 33.9 Å². The Hall–Kier alpha value is -3.27. The number of H-pyrrole nitrogens is 1. The number of quaternary nitrogens is 1. The van der Waals surface area contributed by atoms with Gasteiger partial charge in [-0.1, -0.05) is 6.92 Å². The van der Waals surface area contributed by atoms with Crippen molar-refractivity contribution in [3.63, 3.8) is 0 Å². The zero-order valence-electron chi connectivity index (χ0n) is 15.7. The number of Topliss-reactive ketones (excluding diaryl/α,β-unsaturated/α-hetero) is 1. The van der Waals surface area contributed by atoms with Crippen LogP contribution in [-0.4, -0.2) is 41.4 Å². The van der Waals surface area contributed by atoms with Crippen LogP contribution in [0, 0.1) is 5.82 Å². The second-order valence-electron chi connectivity index (χ2n) is 6.46. The van der Waals surface area contributed by atoms with Gasteiger partial charge in [-0.25, -0.2) is 9.18 Å². The molecular weight excluding hydrogens is 369 g/mol. The fourth-order valence-electron chi connectivity index (χ4n) is 2.74. The Morgan fingerprint density at radius 3 is 2.46 bits per heavy atom. The van der Waals surface area contributed by atoms with Crippen LogP contribution in [0.2, 0.25) is 0 Å². The number of nitrogen functional groups attached to an aromatic ring is 1. The van der Waals surface area contributed by atoms with E-state index in [-0.39, 0.29) is 36.9 Å².